The van der Waals surface area contributed by atoms with Crippen molar-refractivity contribution in [2.45, 2.75) is 19.3 Å². The van der Waals surface area contributed by atoms with Crippen LogP contribution >= 0.6 is 0 Å². The van der Waals surface area contributed by atoms with Gasteiger partial charge in [0.25, 0.3) is 0 Å². The summed E-state index contributed by atoms with van der Waals surface area (Å²) in [6, 6.07) is 7.84. The van der Waals surface area contributed by atoms with E-state index in [1.807, 2.05) is 6.07 Å². The molecule has 0 amide bonds. The van der Waals surface area contributed by atoms with Gasteiger partial charge in [-0.25, -0.2) is 4.39 Å². The summed E-state index contributed by atoms with van der Waals surface area (Å²) in [4.78, 5) is 14.5. The Labute approximate surface area is 123 Å². The molecule has 106 valence electrons. The second kappa shape index (κ2) is 5.53. The van der Waals surface area contributed by atoms with Crippen LogP contribution in [0.1, 0.15) is 24.8 Å². The quantitative estimate of drug-likeness (QED) is 0.837. The zero-order valence-corrected chi connectivity index (χ0v) is 11.6. The van der Waals surface area contributed by atoms with E-state index in [4.69, 9.17) is 0 Å². The van der Waals surface area contributed by atoms with Crippen molar-refractivity contribution in [3.05, 3.63) is 53.0 Å². The van der Waals surface area contributed by atoms with Gasteiger partial charge in [-0.1, -0.05) is 12.1 Å². The highest BCUT2D eigenvalue weighted by Gasteiger charge is 2.30. The Kier molecular flexibility index (Phi) is 3.57. The molecule has 3 nitrogen and oxygen atoms in total. The standard InChI is InChI=1S/C17H15FN2O/c18-13-6-4-12(5-7-13)14-10-16(15(11-19)17(14)21)20-8-2-1-3-9-20/h4-7,10H,1-3,8-9H2. The molecule has 1 aliphatic carbocycles. The van der Waals surface area contributed by atoms with Gasteiger partial charge in [-0.3, -0.25) is 4.79 Å². The monoisotopic (exact) mass is 282 g/mol. The highest BCUT2D eigenvalue weighted by Crippen LogP contribution is 2.32. The maximum atomic E-state index is 13.0. The molecule has 1 saturated heterocycles. The van der Waals surface area contributed by atoms with Crippen molar-refractivity contribution >= 4 is 11.4 Å². The van der Waals surface area contributed by atoms with Crippen LogP contribution in [0.4, 0.5) is 4.39 Å². The van der Waals surface area contributed by atoms with E-state index in [1.54, 1.807) is 18.2 Å². The van der Waals surface area contributed by atoms with E-state index in [9.17, 15) is 14.4 Å². The van der Waals surface area contributed by atoms with Gasteiger partial charge in [0.15, 0.2) is 0 Å². The molecular formula is C17H15FN2O. The van der Waals surface area contributed by atoms with Gasteiger partial charge in [-0.05, 0) is 43.0 Å². The predicted molar refractivity (Wildman–Crippen MR) is 77.4 cm³/mol. The smallest absolute Gasteiger partial charge is 0.206 e. The summed E-state index contributed by atoms with van der Waals surface area (Å²) >= 11 is 0. The molecular weight excluding hydrogens is 267 g/mol. The van der Waals surface area contributed by atoms with Crippen LogP contribution in [0.3, 0.4) is 0 Å². The first-order chi connectivity index (χ1) is 10.2. The first-order valence-electron chi connectivity index (χ1n) is 7.12. The Morgan fingerprint density at radius 3 is 2.38 bits per heavy atom. The van der Waals surface area contributed by atoms with Crippen LogP contribution < -0.4 is 0 Å². The van der Waals surface area contributed by atoms with Crippen molar-refractivity contribution in [2.24, 2.45) is 0 Å². The summed E-state index contributed by atoms with van der Waals surface area (Å²) in [7, 11) is 0. The molecule has 0 unspecified atom stereocenters. The Morgan fingerprint density at radius 1 is 1.10 bits per heavy atom. The van der Waals surface area contributed by atoms with Crippen LogP contribution in [0.15, 0.2) is 41.6 Å². The van der Waals surface area contributed by atoms with E-state index in [-0.39, 0.29) is 17.2 Å². The normalized spacial score (nSPS) is 18.8. The zero-order valence-electron chi connectivity index (χ0n) is 11.6. The summed E-state index contributed by atoms with van der Waals surface area (Å²) in [5.74, 6) is -0.598. The minimum absolute atomic E-state index is 0.205. The van der Waals surface area contributed by atoms with Gasteiger partial charge < -0.3 is 4.90 Å². The number of nitrogens with zero attached hydrogens (tertiary/aromatic N) is 2. The van der Waals surface area contributed by atoms with Gasteiger partial charge in [0, 0.05) is 18.7 Å². The number of carbonyl (C=O) groups excluding carboxylic acids is 1. The van der Waals surface area contributed by atoms with Gasteiger partial charge in [0.2, 0.25) is 5.78 Å². The maximum Gasteiger partial charge on any atom is 0.206 e. The topological polar surface area (TPSA) is 44.1 Å². The molecule has 0 N–H and O–H groups in total. The van der Waals surface area contributed by atoms with Crippen LogP contribution in [0.25, 0.3) is 5.57 Å². The fourth-order valence-electron chi connectivity index (χ4n) is 2.86. The Balaban J connectivity index is 1.96. The van der Waals surface area contributed by atoms with Crippen LogP contribution in [-0.2, 0) is 4.79 Å². The molecule has 1 aromatic rings. The van der Waals surface area contributed by atoms with Crippen molar-refractivity contribution < 1.29 is 9.18 Å². The Morgan fingerprint density at radius 2 is 1.76 bits per heavy atom. The molecule has 0 atom stereocenters. The summed E-state index contributed by atoms with van der Waals surface area (Å²) in [6.45, 7) is 1.75. The molecule has 1 aliphatic heterocycles. The number of benzene rings is 1. The number of likely N-dealkylation sites (tertiary alicyclic amines) is 1. The molecule has 0 saturated carbocycles. The number of ketones is 1. The fourth-order valence-corrected chi connectivity index (χ4v) is 2.86. The van der Waals surface area contributed by atoms with Crippen LogP contribution in [0.2, 0.25) is 0 Å². The first kappa shape index (κ1) is 13.6. The summed E-state index contributed by atoms with van der Waals surface area (Å²) in [5.41, 5.74) is 2.06. The third-order valence-corrected chi connectivity index (χ3v) is 3.97. The lowest BCUT2D eigenvalue weighted by molar-refractivity contribution is -0.110. The van der Waals surface area contributed by atoms with E-state index >= 15 is 0 Å². The largest absolute Gasteiger partial charge is 0.370 e. The van der Waals surface area contributed by atoms with Gasteiger partial charge in [0.1, 0.15) is 17.5 Å². The number of halogens is 1. The molecule has 1 heterocycles. The van der Waals surface area contributed by atoms with Gasteiger partial charge in [-0.15, -0.1) is 0 Å². The number of piperidine rings is 1. The van der Waals surface area contributed by atoms with Gasteiger partial charge in [-0.2, -0.15) is 5.26 Å². The molecule has 4 heteroatoms. The number of hydrogen-bond donors (Lipinski definition) is 0. The van der Waals surface area contributed by atoms with E-state index in [2.05, 4.69) is 4.90 Å². The average molecular weight is 282 g/mol. The molecule has 2 aliphatic rings. The molecule has 0 bridgehead atoms. The predicted octanol–water partition coefficient (Wildman–Crippen LogP) is 3.06. The van der Waals surface area contributed by atoms with Crippen LogP contribution in [0, 0.1) is 17.1 Å². The van der Waals surface area contributed by atoms with Crippen molar-refractivity contribution in [3.63, 3.8) is 0 Å². The number of nitriles is 1. The fraction of sp³-hybridized carbons (Fsp3) is 0.294. The number of hydrogen-bond acceptors (Lipinski definition) is 3. The summed E-state index contributed by atoms with van der Waals surface area (Å²) in [5, 5.41) is 9.30. The lowest BCUT2D eigenvalue weighted by atomic mass is 10.0. The lowest BCUT2D eigenvalue weighted by Crippen LogP contribution is -2.28. The van der Waals surface area contributed by atoms with E-state index in [0.717, 1.165) is 31.6 Å². The molecule has 3 rings (SSSR count). The minimum Gasteiger partial charge on any atom is -0.370 e. The second-order valence-electron chi connectivity index (χ2n) is 5.31. The lowest BCUT2D eigenvalue weighted by Gasteiger charge is -2.29. The number of carbonyl (C=O) groups is 1. The maximum absolute atomic E-state index is 13.0. The third-order valence-electron chi connectivity index (χ3n) is 3.97. The van der Waals surface area contributed by atoms with Gasteiger partial charge in [0.05, 0.1) is 5.70 Å². The summed E-state index contributed by atoms with van der Waals surface area (Å²) < 4.78 is 13.0. The number of allylic oxidation sites excluding steroid dienone is 3. The van der Waals surface area contributed by atoms with Crippen molar-refractivity contribution in [1.82, 2.24) is 4.90 Å². The first-order valence-corrected chi connectivity index (χ1v) is 7.12. The van der Waals surface area contributed by atoms with E-state index < -0.39 is 0 Å². The highest BCUT2D eigenvalue weighted by atomic mass is 19.1. The Bertz CT molecular complexity index is 674. The summed E-state index contributed by atoms with van der Waals surface area (Å²) in [6.07, 6.45) is 5.12. The van der Waals surface area contributed by atoms with Crippen LogP contribution in [-0.4, -0.2) is 23.8 Å². The van der Waals surface area contributed by atoms with E-state index in [1.165, 1.54) is 18.6 Å². The molecule has 1 fully saturated rings. The third kappa shape index (κ3) is 2.47. The highest BCUT2D eigenvalue weighted by molar-refractivity contribution is 6.33. The SMILES string of the molecule is N#CC1=C(N2CCCCC2)C=C(c2ccc(F)cc2)C1=O. The molecule has 0 radical (unpaired) electrons. The molecule has 21 heavy (non-hydrogen) atoms. The Hall–Kier alpha value is -2.41. The second-order valence-corrected chi connectivity index (χ2v) is 5.31. The molecule has 1 aromatic carbocycles. The minimum atomic E-state index is -0.338. The van der Waals surface area contributed by atoms with Crippen LogP contribution in [0.5, 0.6) is 0 Å². The molecule has 0 spiro atoms. The molecule has 0 aromatic heterocycles. The van der Waals surface area contributed by atoms with E-state index in [0.29, 0.717) is 11.1 Å². The number of Topliss-reactive ketones (excluding diaryl/α,β-unsaturated/α-hetero) is 1. The van der Waals surface area contributed by atoms with Crippen molar-refractivity contribution in [2.75, 3.05) is 13.1 Å². The van der Waals surface area contributed by atoms with Crippen molar-refractivity contribution in [1.29, 1.82) is 5.26 Å². The van der Waals surface area contributed by atoms with Crippen molar-refractivity contribution in [3.8, 4) is 6.07 Å². The number of rotatable bonds is 2. The zero-order chi connectivity index (χ0) is 14.8. The van der Waals surface area contributed by atoms with Gasteiger partial charge >= 0.3 is 0 Å². The average Bonchev–Trinajstić information content (AvgIpc) is 2.86.